The largest absolute Gasteiger partial charge is 0.465 e. The molecule has 2 aromatic rings. The number of aliphatic hydroxyl groups excluding tert-OH is 1. The predicted octanol–water partition coefficient (Wildman–Crippen LogP) is 4.34. The van der Waals surface area contributed by atoms with E-state index in [2.05, 4.69) is 6.92 Å². The van der Waals surface area contributed by atoms with Gasteiger partial charge in [-0.3, -0.25) is 0 Å². The molecule has 1 aliphatic heterocycles. The summed E-state index contributed by atoms with van der Waals surface area (Å²) in [6.45, 7) is 4.03. The molecule has 0 spiro atoms. The Morgan fingerprint density at radius 1 is 1.13 bits per heavy atom. The first-order valence-electron chi connectivity index (χ1n) is 10.5. The van der Waals surface area contributed by atoms with E-state index in [1.54, 1.807) is 42.5 Å². The minimum absolute atomic E-state index is 0.0641. The number of hydrogen-bond acceptors (Lipinski definition) is 5. The van der Waals surface area contributed by atoms with Gasteiger partial charge in [0.05, 0.1) is 29.4 Å². The van der Waals surface area contributed by atoms with Gasteiger partial charge in [-0.25, -0.2) is 13.2 Å². The van der Waals surface area contributed by atoms with Crippen LogP contribution in [0.5, 0.6) is 0 Å². The number of carbonyl (C=O) groups excluding carboxylic acids is 1. The molecule has 0 aromatic heterocycles. The lowest BCUT2D eigenvalue weighted by Gasteiger charge is -2.39. The van der Waals surface area contributed by atoms with E-state index in [0.29, 0.717) is 24.0 Å². The van der Waals surface area contributed by atoms with Crippen LogP contribution in [-0.4, -0.2) is 38.5 Å². The third-order valence-electron chi connectivity index (χ3n) is 6.43. The average Bonchev–Trinajstić information content (AvgIpc) is 2.83. The second-order valence-electron chi connectivity index (χ2n) is 8.15. The van der Waals surface area contributed by atoms with Crippen LogP contribution in [0.25, 0.3) is 0 Å². The van der Waals surface area contributed by atoms with Crippen LogP contribution < -0.4 is 0 Å². The topological polar surface area (TPSA) is 80.7 Å². The zero-order valence-corrected chi connectivity index (χ0v) is 18.6. The molecule has 0 unspecified atom stereocenters. The Morgan fingerprint density at radius 2 is 1.80 bits per heavy atom. The highest BCUT2D eigenvalue weighted by atomic mass is 32.2. The number of ether oxygens (including phenoxy) is 1. The summed E-state index contributed by atoms with van der Waals surface area (Å²) in [5.41, 5.74) is 1.08. The number of esters is 1. The van der Waals surface area contributed by atoms with Gasteiger partial charge >= 0.3 is 5.97 Å². The van der Waals surface area contributed by atoms with Crippen LogP contribution in [0.2, 0.25) is 0 Å². The summed E-state index contributed by atoms with van der Waals surface area (Å²) in [4.78, 5) is 12.1. The van der Waals surface area contributed by atoms with E-state index < -0.39 is 33.2 Å². The molecular weight excluding hydrogens is 400 g/mol. The summed E-state index contributed by atoms with van der Waals surface area (Å²) in [5, 5.41) is 11.7. The summed E-state index contributed by atoms with van der Waals surface area (Å²) < 4.78 is 31.5. The van der Waals surface area contributed by atoms with Gasteiger partial charge in [-0.2, -0.15) is 0 Å². The van der Waals surface area contributed by atoms with Gasteiger partial charge in [-0.1, -0.05) is 57.0 Å². The van der Waals surface area contributed by atoms with Crippen molar-refractivity contribution in [1.82, 2.24) is 0 Å². The van der Waals surface area contributed by atoms with Gasteiger partial charge in [0, 0.05) is 11.3 Å². The number of hydrogen-bond donors (Lipinski definition) is 1. The number of sulfone groups is 1. The number of carbonyl (C=O) groups is 1. The molecule has 0 fully saturated rings. The van der Waals surface area contributed by atoms with Crippen LogP contribution in [0.4, 0.5) is 0 Å². The molecule has 0 bridgehead atoms. The van der Waals surface area contributed by atoms with E-state index in [9.17, 15) is 18.3 Å². The van der Waals surface area contributed by atoms with E-state index >= 15 is 0 Å². The average molecular weight is 431 g/mol. The molecule has 0 saturated carbocycles. The van der Waals surface area contributed by atoms with Crippen LogP contribution in [0, 0.1) is 5.41 Å². The maximum atomic E-state index is 13.4. The van der Waals surface area contributed by atoms with Gasteiger partial charge in [0.15, 0.2) is 9.84 Å². The summed E-state index contributed by atoms with van der Waals surface area (Å²) in [5.74, 6) is -0.996. The summed E-state index contributed by atoms with van der Waals surface area (Å²) in [6, 6.07) is 13.9. The van der Waals surface area contributed by atoms with Crippen molar-refractivity contribution >= 4 is 15.8 Å². The van der Waals surface area contributed by atoms with Crippen molar-refractivity contribution in [2.24, 2.45) is 5.41 Å². The highest BCUT2D eigenvalue weighted by Gasteiger charge is 2.48. The molecule has 2 aromatic carbocycles. The summed E-state index contributed by atoms with van der Waals surface area (Å²) in [6.07, 6.45) is 2.13. The Labute approximate surface area is 179 Å². The van der Waals surface area contributed by atoms with Gasteiger partial charge in [-0.05, 0) is 42.2 Å². The summed E-state index contributed by atoms with van der Waals surface area (Å²) >= 11 is 0. The molecule has 0 saturated heterocycles. The van der Waals surface area contributed by atoms with E-state index in [-0.39, 0.29) is 10.6 Å². The minimum Gasteiger partial charge on any atom is -0.465 e. The van der Waals surface area contributed by atoms with Gasteiger partial charge in [-0.15, -0.1) is 0 Å². The van der Waals surface area contributed by atoms with Crippen molar-refractivity contribution in [3.8, 4) is 0 Å². The van der Waals surface area contributed by atoms with Crippen molar-refractivity contribution in [3.05, 3.63) is 65.2 Å². The molecule has 1 heterocycles. The Balaban J connectivity index is 2.20. The lowest BCUT2D eigenvalue weighted by molar-refractivity contribution is 0.0174. The van der Waals surface area contributed by atoms with E-state index in [1.165, 1.54) is 7.11 Å². The van der Waals surface area contributed by atoms with E-state index in [4.69, 9.17) is 4.74 Å². The molecular formula is C24H30O5S. The first-order chi connectivity index (χ1) is 14.3. The lowest BCUT2D eigenvalue weighted by Crippen LogP contribution is -2.42. The molecule has 0 radical (unpaired) electrons. The molecule has 3 atom stereocenters. The van der Waals surface area contributed by atoms with Crippen LogP contribution in [0.15, 0.2) is 53.4 Å². The second kappa shape index (κ2) is 8.90. The highest BCUT2D eigenvalue weighted by Crippen LogP contribution is 2.48. The van der Waals surface area contributed by atoms with E-state index in [1.807, 2.05) is 13.0 Å². The van der Waals surface area contributed by atoms with Crippen molar-refractivity contribution in [2.45, 2.75) is 56.4 Å². The molecule has 5 nitrogen and oxygen atoms in total. The molecule has 0 aliphatic carbocycles. The van der Waals surface area contributed by atoms with Crippen LogP contribution in [0.1, 0.15) is 66.9 Å². The van der Waals surface area contributed by atoms with Crippen molar-refractivity contribution in [2.75, 3.05) is 12.9 Å². The highest BCUT2D eigenvalue weighted by molar-refractivity contribution is 7.91. The lowest BCUT2D eigenvalue weighted by atomic mass is 9.69. The van der Waals surface area contributed by atoms with Crippen LogP contribution >= 0.6 is 0 Å². The number of unbranched alkanes of at least 4 members (excludes halogenated alkanes) is 1. The predicted molar refractivity (Wildman–Crippen MR) is 116 cm³/mol. The molecule has 1 aliphatic rings. The monoisotopic (exact) mass is 430 g/mol. The molecule has 1 N–H and O–H groups in total. The number of rotatable bonds is 6. The van der Waals surface area contributed by atoms with Gasteiger partial charge in [0.1, 0.15) is 0 Å². The first kappa shape index (κ1) is 22.5. The van der Waals surface area contributed by atoms with Crippen molar-refractivity contribution in [3.63, 3.8) is 0 Å². The number of fused-ring (bicyclic) bond motifs is 1. The van der Waals surface area contributed by atoms with Crippen LogP contribution in [0.3, 0.4) is 0 Å². The van der Waals surface area contributed by atoms with Crippen molar-refractivity contribution < 1.29 is 23.1 Å². The normalized spacial score (nSPS) is 25.2. The Morgan fingerprint density at radius 3 is 2.40 bits per heavy atom. The third-order valence-corrected chi connectivity index (χ3v) is 8.43. The molecule has 6 heteroatoms. The number of methoxy groups -OCH3 is 1. The summed E-state index contributed by atoms with van der Waals surface area (Å²) in [7, 11) is -2.23. The first-order valence-corrected chi connectivity index (χ1v) is 12.1. The number of benzene rings is 2. The maximum Gasteiger partial charge on any atom is 0.337 e. The third kappa shape index (κ3) is 4.03. The van der Waals surface area contributed by atoms with Gasteiger partial charge in [0.25, 0.3) is 0 Å². The van der Waals surface area contributed by atoms with Crippen LogP contribution in [-0.2, 0) is 14.6 Å². The fourth-order valence-electron chi connectivity index (χ4n) is 4.63. The zero-order valence-electron chi connectivity index (χ0n) is 17.8. The van der Waals surface area contributed by atoms with Gasteiger partial charge in [0.2, 0.25) is 0 Å². The fraction of sp³-hybridized carbons (Fsp3) is 0.458. The molecule has 162 valence electrons. The minimum atomic E-state index is -3.56. The smallest absolute Gasteiger partial charge is 0.337 e. The van der Waals surface area contributed by atoms with Gasteiger partial charge < -0.3 is 9.84 Å². The Kier molecular flexibility index (Phi) is 6.68. The Bertz CT molecular complexity index is 997. The molecule has 30 heavy (non-hydrogen) atoms. The zero-order chi connectivity index (χ0) is 21.9. The SMILES string of the molecule is CCCC[C@]1(CC)CS(=O)(=O)c2ccccc2[C@@H](c2ccc(C(=O)OC)cc2)[C@H]1O. The standard InChI is InChI=1S/C24H30O5S/c1-4-6-15-24(5-2)16-30(27,28)20-10-8-7-9-19(20)21(22(24)25)17-11-13-18(14-12-17)23(26)29-3/h7-14,21-22,25H,4-6,15-16H2,1-3H3/t21-,22-,24-/m1/s1. The van der Waals surface area contributed by atoms with Crippen molar-refractivity contribution in [1.29, 1.82) is 0 Å². The molecule has 3 rings (SSSR count). The van der Waals surface area contributed by atoms with E-state index in [0.717, 1.165) is 18.4 Å². The number of aliphatic hydroxyl groups is 1. The second-order valence-corrected chi connectivity index (χ2v) is 10.1. The molecule has 0 amide bonds. The maximum absolute atomic E-state index is 13.4. The quantitative estimate of drug-likeness (QED) is 0.690. The Hall–Kier alpha value is -2.18. The fourth-order valence-corrected chi connectivity index (χ4v) is 6.90.